The van der Waals surface area contributed by atoms with Gasteiger partial charge in [0, 0.05) is 42.0 Å². The molecule has 0 saturated carbocycles. The maximum atomic E-state index is 2.46. The van der Waals surface area contributed by atoms with E-state index in [1.807, 2.05) is 11.3 Å². The van der Waals surface area contributed by atoms with Crippen LogP contribution in [0.1, 0.15) is 0 Å². The Labute approximate surface area is 383 Å². The Balaban J connectivity index is 0.963. The third-order valence-corrected chi connectivity index (χ3v) is 15.7. The number of hydrogen-bond acceptors (Lipinski definition) is 1. The molecule has 15 rings (SSSR count). The minimum Gasteiger partial charge on any atom is -0.309 e. The lowest BCUT2D eigenvalue weighted by Gasteiger charge is -2.14. The highest BCUT2D eigenvalue weighted by Crippen LogP contribution is 2.47. The summed E-state index contributed by atoms with van der Waals surface area (Å²) in [5.41, 5.74) is 8.58. The van der Waals surface area contributed by atoms with Gasteiger partial charge in [-0.3, -0.25) is 0 Å². The predicted octanol–water partition coefficient (Wildman–Crippen LogP) is 18.6. The predicted molar refractivity (Wildman–Crippen MR) is 287 cm³/mol. The van der Waals surface area contributed by atoms with Crippen LogP contribution in [-0.2, 0) is 0 Å². The molecule has 0 atom stereocenters. The number of fused-ring (bicyclic) bond motifs is 20. The standard InChI is InChI=1S/C64H37NS/c1-2-14-43(15-3-1)65-58-30-24-39-13-5-7-17-45(39)63(58)64-59(65)31-29-51-47-19-9-11-21-49(47)54-34-40(23-28-52(54)62(51)64)41-25-32-60-56(35-41)57-36-42(26-33-61(57)66-60)53-37-55-44-16-6-4-12-38(44)22-27-50(55)46-18-8-10-20-48(46)53/h1-37H. The van der Waals surface area contributed by atoms with Crippen LogP contribution in [0.4, 0.5) is 0 Å². The molecule has 304 valence electrons. The van der Waals surface area contributed by atoms with Crippen LogP contribution < -0.4 is 0 Å². The Morgan fingerprint density at radius 2 is 0.727 bits per heavy atom. The Hall–Kier alpha value is -8.30. The number of hydrogen-bond donors (Lipinski definition) is 0. The molecular formula is C64H37NS. The second-order valence-electron chi connectivity index (χ2n) is 17.9. The summed E-state index contributed by atoms with van der Waals surface area (Å²) in [6, 6.07) is 84.1. The summed E-state index contributed by atoms with van der Waals surface area (Å²) in [6.45, 7) is 0. The first-order chi connectivity index (χ1) is 32.7. The molecule has 0 aliphatic carbocycles. The molecule has 2 aromatic heterocycles. The topological polar surface area (TPSA) is 4.93 Å². The van der Waals surface area contributed by atoms with Crippen LogP contribution in [0.3, 0.4) is 0 Å². The SMILES string of the molecule is c1ccc(-n2c3ccc4ccccc4c3c3c4c(ccc32)c2ccccc2c2cc(-c3ccc5sc6ccc(-c7cc8c9ccccc9ccc8c8ccccc78)cc6c5c3)ccc24)cc1. The molecule has 0 saturated heterocycles. The molecule has 0 N–H and O–H groups in total. The van der Waals surface area contributed by atoms with Crippen LogP contribution in [-0.4, -0.2) is 4.57 Å². The highest BCUT2D eigenvalue weighted by atomic mass is 32.1. The van der Waals surface area contributed by atoms with E-state index in [1.165, 1.54) is 145 Å². The van der Waals surface area contributed by atoms with Gasteiger partial charge in [-0.25, -0.2) is 0 Å². The fraction of sp³-hybridized carbons (Fsp3) is 0. The highest BCUT2D eigenvalue weighted by Gasteiger charge is 2.21. The number of nitrogens with zero attached hydrogens (tertiary/aromatic N) is 1. The molecule has 0 radical (unpaired) electrons. The van der Waals surface area contributed by atoms with E-state index >= 15 is 0 Å². The van der Waals surface area contributed by atoms with Crippen molar-refractivity contribution in [2.75, 3.05) is 0 Å². The number of thiophene rings is 1. The first-order valence-corrected chi connectivity index (χ1v) is 23.6. The molecule has 2 heterocycles. The first-order valence-electron chi connectivity index (χ1n) is 22.8. The van der Waals surface area contributed by atoms with Gasteiger partial charge in [-0.2, -0.15) is 0 Å². The molecular weight excluding hydrogens is 815 g/mol. The largest absolute Gasteiger partial charge is 0.309 e. The van der Waals surface area contributed by atoms with E-state index < -0.39 is 0 Å². The zero-order chi connectivity index (χ0) is 43.0. The zero-order valence-electron chi connectivity index (χ0n) is 35.7. The van der Waals surface area contributed by atoms with Crippen molar-refractivity contribution in [3.63, 3.8) is 0 Å². The number of benzene rings is 13. The van der Waals surface area contributed by atoms with Crippen LogP contribution in [0.25, 0.3) is 145 Å². The van der Waals surface area contributed by atoms with Crippen LogP contribution >= 0.6 is 11.3 Å². The molecule has 0 amide bonds. The highest BCUT2D eigenvalue weighted by molar-refractivity contribution is 7.25. The molecule has 0 aliphatic rings. The van der Waals surface area contributed by atoms with Gasteiger partial charge in [0.25, 0.3) is 0 Å². The molecule has 15 aromatic rings. The third kappa shape index (κ3) is 5.05. The molecule has 0 fully saturated rings. The molecule has 0 bridgehead atoms. The monoisotopic (exact) mass is 851 g/mol. The molecule has 0 aliphatic heterocycles. The smallest absolute Gasteiger partial charge is 0.0548 e. The Morgan fingerprint density at radius 3 is 1.50 bits per heavy atom. The van der Waals surface area contributed by atoms with Crippen molar-refractivity contribution < 1.29 is 0 Å². The minimum atomic E-state index is 1.17. The average molecular weight is 852 g/mol. The van der Waals surface area contributed by atoms with E-state index in [9.17, 15) is 0 Å². The van der Waals surface area contributed by atoms with Gasteiger partial charge in [-0.15, -0.1) is 11.3 Å². The summed E-state index contributed by atoms with van der Waals surface area (Å²) in [6.07, 6.45) is 0. The fourth-order valence-corrected chi connectivity index (χ4v) is 12.6. The van der Waals surface area contributed by atoms with Gasteiger partial charge in [-0.1, -0.05) is 164 Å². The van der Waals surface area contributed by atoms with Gasteiger partial charge in [-0.05, 0) is 153 Å². The van der Waals surface area contributed by atoms with E-state index in [2.05, 4.69) is 229 Å². The van der Waals surface area contributed by atoms with Gasteiger partial charge in [0.15, 0.2) is 0 Å². The average Bonchev–Trinajstić information content (AvgIpc) is 3.94. The van der Waals surface area contributed by atoms with E-state index in [0.29, 0.717) is 0 Å². The van der Waals surface area contributed by atoms with Crippen LogP contribution in [0.15, 0.2) is 224 Å². The van der Waals surface area contributed by atoms with Crippen molar-refractivity contribution in [1.82, 2.24) is 4.57 Å². The number of rotatable bonds is 3. The van der Waals surface area contributed by atoms with Crippen molar-refractivity contribution in [3.8, 4) is 27.9 Å². The Morgan fingerprint density at radius 1 is 0.258 bits per heavy atom. The quantitative estimate of drug-likeness (QED) is 0.156. The summed E-state index contributed by atoms with van der Waals surface area (Å²) in [5.74, 6) is 0. The van der Waals surface area contributed by atoms with Gasteiger partial charge in [0.2, 0.25) is 0 Å². The number of aromatic nitrogens is 1. The minimum absolute atomic E-state index is 1.17. The van der Waals surface area contributed by atoms with Crippen LogP contribution in [0.5, 0.6) is 0 Å². The van der Waals surface area contributed by atoms with Crippen LogP contribution in [0.2, 0.25) is 0 Å². The second kappa shape index (κ2) is 13.6. The van der Waals surface area contributed by atoms with E-state index in [0.717, 1.165) is 0 Å². The Bertz CT molecular complexity index is 4570. The maximum absolute atomic E-state index is 2.46. The van der Waals surface area contributed by atoms with Gasteiger partial charge >= 0.3 is 0 Å². The summed E-state index contributed by atoms with van der Waals surface area (Å²) in [7, 11) is 0. The first kappa shape index (κ1) is 36.1. The van der Waals surface area contributed by atoms with Crippen molar-refractivity contribution in [3.05, 3.63) is 224 Å². The molecule has 1 nitrogen and oxygen atoms in total. The van der Waals surface area contributed by atoms with Gasteiger partial charge < -0.3 is 4.57 Å². The normalized spacial score (nSPS) is 12.2. The number of para-hydroxylation sites is 1. The third-order valence-electron chi connectivity index (χ3n) is 14.5. The fourth-order valence-electron chi connectivity index (χ4n) is 11.6. The van der Waals surface area contributed by atoms with Crippen molar-refractivity contribution in [1.29, 1.82) is 0 Å². The molecule has 2 heteroatoms. The van der Waals surface area contributed by atoms with E-state index in [1.54, 1.807) is 0 Å². The molecule has 0 spiro atoms. The zero-order valence-corrected chi connectivity index (χ0v) is 36.5. The Kier molecular flexibility index (Phi) is 7.44. The van der Waals surface area contributed by atoms with Crippen molar-refractivity contribution in [2.45, 2.75) is 0 Å². The lowest BCUT2D eigenvalue weighted by atomic mass is 9.89. The van der Waals surface area contributed by atoms with Crippen molar-refractivity contribution in [2.24, 2.45) is 0 Å². The molecule has 66 heavy (non-hydrogen) atoms. The summed E-state index contributed by atoms with van der Waals surface area (Å²) >= 11 is 1.88. The summed E-state index contributed by atoms with van der Waals surface area (Å²) in [4.78, 5) is 0. The second-order valence-corrected chi connectivity index (χ2v) is 19.0. The molecule has 13 aromatic carbocycles. The van der Waals surface area contributed by atoms with E-state index in [-0.39, 0.29) is 0 Å². The summed E-state index contributed by atoms with van der Waals surface area (Å²) < 4.78 is 5.08. The van der Waals surface area contributed by atoms with Gasteiger partial charge in [0.1, 0.15) is 0 Å². The van der Waals surface area contributed by atoms with Crippen molar-refractivity contribution >= 4 is 129 Å². The van der Waals surface area contributed by atoms with Crippen LogP contribution in [0, 0.1) is 0 Å². The summed E-state index contributed by atoms with van der Waals surface area (Å²) in [5, 5.41) is 23.2. The lowest BCUT2D eigenvalue weighted by molar-refractivity contribution is 1.18. The lowest BCUT2D eigenvalue weighted by Crippen LogP contribution is -1.93. The molecule has 0 unspecified atom stereocenters. The van der Waals surface area contributed by atoms with E-state index in [4.69, 9.17) is 0 Å². The van der Waals surface area contributed by atoms with Gasteiger partial charge in [0.05, 0.1) is 11.0 Å². The maximum Gasteiger partial charge on any atom is 0.0548 e.